The third kappa shape index (κ3) is 5.69. The van der Waals surface area contributed by atoms with Crippen molar-refractivity contribution in [2.45, 2.75) is 53.3 Å². The number of thioether (sulfide) groups is 1. The summed E-state index contributed by atoms with van der Waals surface area (Å²) in [5.74, 6) is -0.782. The number of aromatic nitrogens is 2. The van der Waals surface area contributed by atoms with Crippen LogP contribution in [0.2, 0.25) is 0 Å². The Morgan fingerprint density at radius 2 is 1.82 bits per heavy atom. The largest absolute Gasteiger partial charge is 0.323 e. The minimum Gasteiger partial charge on any atom is -0.323 e. The molecule has 33 heavy (non-hydrogen) atoms. The third-order valence-electron chi connectivity index (χ3n) is 4.94. The predicted molar refractivity (Wildman–Crippen MR) is 126 cm³/mol. The van der Waals surface area contributed by atoms with Crippen LogP contribution >= 0.6 is 11.8 Å². The summed E-state index contributed by atoms with van der Waals surface area (Å²) in [6.45, 7) is 5.75. The van der Waals surface area contributed by atoms with Gasteiger partial charge >= 0.3 is 0 Å². The molecule has 0 saturated heterocycles. The number of benzene rings is 2. The lowest BCUT2D eigenvalue weighted by Crippen LogP contribution is -2.26. The van der Waals surface area contributed by atoms with Crippen LogP contribution in [0, 0.1) is 5.82 Å². The van der Waals surface area contributed by atoms with Gasteiger partial charge in [-0.15, -0.1) is 0 Å². The number of amides is 1. The molecule has 0 fully saturated rings. The van der Waals surface area contributed by atoms with E-state index in [9.17, 15) is 22.4 Å². The summed E-state index contributed by atoms with van der Waals surface area (Å²) < 4.78 is 39.6. The number of halogens is 1. The van der Waals surface area contributed by atoms with Crippen molar-refractivity contribution in [2.75, 3.05) is 5.32 Å². The molecule has 2 aromatic carbocycles. The molecular weight excluding hydrogens is 465 g/mol. The highest BCUT2D eigenvalue weighted by molar-refractivity contribution is 8.00. The molecule has 0 radical (unpaired) electrons. The van der Waals surface area contributed by atoms with Gasteiger partial charge in [-0.25, -0.2) is 17.8 Å². The first-order chi connectivity index (χ1) is 15.6. The van der Waals surface area contributed by atoms with E-state index < -0.39 is 37.3 Å². The first-order valence-electron chi connectivity index (χ1n) is 10.3. The fourth-order valence-corrected chi connectivity index (χ4v) is 5.11. The van der Waals surface area contributed by atoms with Crippen molar-refractivity contribution in [3.63, 3.8) is 0 Å². The monoisotopic (exact) mass is 489 g/mol. The van der Waals surface area contributed by atoms with Crippen LogP contribution in [0.25, 0.3) is 0 Å². The van der Waals surface area contributed by atoms with Gasteiger partial charge in [0, 0.05) is 0 Å². The van der Waals surface area contributed by atoms with E-state index in [1.807, 2.05) is 13.8 Å². The van der Waals surface area contributed by atoms with Crippen LogP contribution < -0.4 is 10.9 Å². The van der Waals surface area contributed by atoms with Gasteiger partial charge in [0.25, 0.3) is 5.56 Å². The Labute approximate surface area is 195 Å². The molecule has 0 saturated carbocycles. The molecule has 1 amide bonds. The minimum absolute atomic E-state index is 0.00435. The second-order valence-corrected chi connectivity index (χ2v) is 10.7. The molecule has 0 bridgehead atoms. The molecule has 0 unspecified atom stereocenters. The lowest BCUT2D eigenvalue weighted by molar-refractivity contribution is -0.115. The van der Waals surface area contributed by atoms with Crippen LogP contribution in [0.4, 0.5) is 10.1 Å². The number of rotatable bonds is 8. The summed E-state index contributed by atoms with van der Waals surface area (Å²) in [7, 11) is -4.06. The van der Waals surface area contributed by atoms with Gasteiger partial charge in [0.2, 0.25) is 15.7 Å². The number of carbonyl (C=O) groups excluding carboxylic acids is 1. The van der Waals surface area contributed by atoms with E-state index in [0.29, 0.717) is 6.42 Å². The average molecular weight is 490 g/mol. The maximum atomic E-state index is 13.8. The quantitative estimate of drug-likeness (QED) is 0.359. The van der Waals surface area contributed by atoms with E-state index in [0.717, 1.165) is 23.5 Å². The summed E-state index contributed by atoms with van der Waals surface area (Å²) in [6, 6.07) is 12.1. The fourth-order valence-electron chi connectivity index (χ4n) is 3.01. The summed E-state index contributed by atoms with van der Waals surface area (Å²) in [5.41, 5.74) is 0.199. The van der Waals surface area contributed by atoms with Gasteiger partial charge in [0.05, 0.1) is 22.0 Å². The second kappa shape index (κ2) is 10.3. The van der Waals surface area contributed by atoms with Crippen LogP contribution in [0.15, 0.2) is 74.5 Å². The molecule has 174 valence electrons. The van der Waals surface area contributed by atoms with Crippen molar-refractivity contribution >= 4 is 33.2 Å². The van der Waals surface area contributed by atoms with Crippen LogP contribution in [-0.4, -0.2) is 29.5 Å². The minimum atomic E-state index is -4.06. The Morgan fingerprint density at radius 1 is 1.15 bits per heavy atom. The van der Waals surface area contributed by atoms with Crippen molar-refractivity contribution in [1.82, 2.24) is 9.97 Å². The third-order valence-corrected chi connectivity index (χ3v) is 7.96. The van der Waals surface area contributed by atoms with E-state index in [1.54, 1.807) is 25.1 Å². The Balaban J connectivity index is 1.79. The topological polar surface area (TPSA) is 109 Å². The van der Waals surface area contributed by atoms with Gasteiger partial charge < -0.3 is 10.3 Å². The number of hydrogen-bond acceptors (Lipinski definition) is 6. The molecule has 0 aliphatic heterocycles. The van der Waals surface area contributed by atoms with Crippen LogP contribution in [-0.2, 0) is 14.6 Å². The van der Waals surface area contributed by atoms with Crippen molar-refractivity contribution in [3.8, 4) is 0 Å². The molecule has 7 nitrogen and oxygen atoms in total. The first kappa shape index (κ1) is 24.7. The van der Waals surface area contributed by atoms with Crippen molar-refractivity contribution in [2.24, 2.45) is 0 Å². The summed E-state index contributed by atoms with van der Waals surface area (Å²) in [4.78, 5) is 31.1. The molecule has 10 heteroatoms. The molecule has 2 N–H and O–H groups in total. The first-order valence-corrected chi connectivity index (χ1v) is 12.7. The highest BCUT2D eigenvalue weighted by Gasteiger charge is 2.24. The second-order valence-electron chi connectivity index (χ2n) is 7.59. The zero-order valence-corrected chi connectivity index (χ0v) is 20.0. The van der Waals surface area contributed by atoms with E-state index in [4.69, 9.17) is 0 Å². The zero-order chi connectivity index (χ0) is 24.2. The van der Waals surface area contributed by atoms with Crippen LogP contribution in [0.1, 0.15) is 38.7 Å². The molecule has 1 heterocycles. The summed E-state index contributed by atoms with van der Waals surface area (Å²) >= 11 is 0.960. The number of nitrogens with zero attached hydrogens (tertiary/aromatic N) is 1. The highest BCUT2D eigenvalue weighted by Crippen LogP contribution is 2.25. The average Bonchev–Trinajstić information content (AvgIpc) is 2.78. The number of hydrogen-bond donors (Lipinski definition) is 2. The van der Waals surface area contributed by atoms with Crippen molar-refractivity contribution < 1.29 is 17.6 Å². The standard InChI is InChI=1S/C23H24FN3O4S2/c1-4-19(21(28)26-18-8-6-5-7-17(18)24)32-23-25-13-20(22(29)27-23)33(30,31)16-11-9-15(10-12-16)14(2)3/h5-14,19H,4H2,1-3H3,(H,26,28)(H,25,27,29)/t19-/m1/s1. The predicted octanol–water partition coefficient (Wildman–Crippen LogP) is 4.37. The molecule has 0 spiro atoms. The SMILES string of the molecule is CC[C@@H](Sc1ncc(S(=O)(=O)c2ccc(C(C)C)cc2)c(=O)[nH]1)C(=O)Nc1ccccc1F. The van der Waals surface area contributed by atoms with E-state index in [-0.39, 0.29) is 21.7 Å². The van der Waals surface area contributed by atoms with Gasteiger partial charge in [-0.1, -0.05) is 56.8 Å². The number of aromatic amines is 1. The van der Waals surface area contributed by atoms with Crippen molar-refractivity contribution in [1.29, 1.82) is 0 Å². The van der Waals surface area contributed by atoms with Gasteiger partial charge in [0.15, 0.2) is 10.1 Å². The van der Waals surface area contributed by atoms with E-state index >= 15 is 0 Å². The summed E-state index contributed by atoms with van der Waals surface area (Å²) in [6.07, 6.45) is 1.37. The Hall–Kier alpha value is -2.98. The van der Waals surface area contributed by atoms with Crippen LogP contribution in [0.3, 0.4) is 0 Å². The van der Waals surface area contributed by atoms with E-state index in [1.165, 1.54) is 30.3 Å². The maximum Gasteiger partial charge on any atom is 0.270 e. The smallest absolute Gasteiger partial charge is 0.270 e. The number of H-pyrrole nitrogens is 1. The molecule has 0 aliphatic carbocycles. The number of carbonyl (C=O) groups is 1. The normalized spacial score (nSPS) is 12.5. The number of sulfone groups is 1. The van der Waals surface area contributed by atoms with Gasteiger partial charge in [-0.05, 0) is 42.2 Å². The van der Waals surface area contributed by atoms with Gasteiger partial charge in [-0.2, -0.15) is 0 Å². The Morgan fingerprint density at radius 3 is 2.39 bits per heavy atom. The summed E-state index contributed by atoms with van der Waals surface area (Å²) in [5, 5.41) is 1.92. The molecule has 3 rings (SSSR count). The van der Waals surface area contributed by atoms with E-state index in [2.05, 4.69) is 15.3 Å². The number of para-hydroxylation sites is 1. The van der Waals surface area contributed by atoms with Crippen molar-refractivity contribution in [3.05, 3.63) is 76.5 Å². The Bertz CT molecular complexity index is 1310. The zero-order valence-electron chi connectivity index (χ0n) is 18.3. The maximum absolute atomic E-state index is 13.8. The highest BCUT2D eigenvalue weighted by atomic mass is 32.2. The number of nitrogens with one attached hydrogen (secondary N) is 2. The number of anilines is 1. The molecule has 1 atom stereocenters. The van der Waals surface area contributed by atoms with Gasteiger partial charge in [-0.3, -0.25) is 9.59 Å². The fraction of sp³-hybridized carbons (Fsp3) is 0.261. The van der Waals surface area contributed by atoms with Crippen LogP contribution in [0.5, 0.6) is 0 Å². The molecule has 1 aromatic heterocycles. The lowest BCUT2D eigenvalue weighted by atomic mass is 10.0. The molecule has 3 aromatic rings. The molecular formula is C23H24FN3O4S2. The lowest BCUT2D eigenvalue weighted by Gasteiger charge is -2.14. The van der Waals surface area contributed by atoms with Gasteiger partial charge in [0.1, 0.15) is 5.82 Å². The molecule has 0 aliphatic rings. The Kier molecular flexibility index (Phi) is 7.70.